The summed E-state index contributed by atoms with van der Waals surface area (Å²) in [6.07, 6.45) is -4.63. The Kier molecular flexibility index (Phi) is 3.54. The zero-order chi connectivity index (χ0) is 16.9. The molecule has 0 saturated heterocycles. The smallest absolute Gasteiger partial charge is 0.417 e. The van der Waals surface area contributed by atoms with Crippen molar-refractivity contribution >= 4 is 16.6 Å². The summed E-state index contributed by atoms with van der Waals surface area (Å²) in [4.78, 5) is 15.9. The number of nitrogens with one attached hydrogen (secondary N) is 1. The van der Waals surface area contributed by atoms with E-state index >= 15 is 0 Å². The maximum atomic E-state index is 13.3. The molecule has 1 aliphatic rings. The fraction of sp³-hybridized carbons (Fsp3) is 0.438. The number of aromatic nitrogens is 1. The Morgan fingerprint density at radius 1 is 1.35 bits per heavy atom. The summed E-state index contributed by atoms with van der Waals surface area (Å²) in [5.41, 5.74) is -1.03. The van der Waals surface area contributed by atoms with Gasteiger partial charge in [0.15, 0.2) is 5.75 Å². The third-order valence-corrected chi connectivity index (χ3v) is 4.29. The summed E-state index contributed by atoms with van der Waals surface area (Å²) in [6.45, 7) is 4.38. The lowest BCUT2D eigenvalue weighted by molar-refractivity contribution is -0.136. The van der Waals surface area contributed by atoms with Crippen molar-refractivity contribution < 1.29 is 17.9 Å². The Bertz CT molecular complexity index is 811. The first kappa shape index (κ1) is 15.7. The minimum Gasteiger partial charge on any atom is -0.489 e. The first-order valence-electron chi connectivity index (χ1n) is 7.33. The van der Waals surface area contributed by atoms with Gasteiger partial charge in [-0.05, 0) is 18.1 Å². The molecule has 0 saturated carbocycles. The van der Waals surface area contributed by atoms with Crippen molar-refractivity contribution in [1.29, 1.82) is 0 Å². The maximum absolute atomic E-state index is 13.3. The number of ether oxygens (including phenoxy) is 1. The predicted molar refractivity (Wildman–Crippen MR) is 82.1 cm³/mol. The highest BCUT2D eigenvalue weighted by Gasteiger charge is 2.37. The van der Waals surface area contributed by atoms with E-state index in [-0.39, 0.29) is 22.7 Å². The summed E-state index contributed by atoms with van der Waals surface area (Å²) >= 11 is 0. The number of anilines is 1. The molecule has 4 nitrogen and oxygen atoms in total. The molecule has 0 aliphatic carbocycles. The summed E-state index contributed by atoms with van der Waals surface area (Å²) < 4.78 is 45.7. The number of likely N-dealkylation sites (N-methyl/N-ethyl adjacent to an activating group) is 1. The van der Waals surface area contributed by atoms with Gasteiger partial charge in [0.1, 0.15) is 6.61 Å². The minimum atomic E-state index is -4.63. The number of halogens is 3. The van der Waals surface area contributed by atoms with E-state index in [1.165, 1.54) is 6.07 Å². The lowest BCUT2D eigenvalue weighted by Gasteiger charge is -2.38. The molecule has 2 heterocycles. The number of hydrogen-bond acceptors (Lipinski definition) is 3. The summed E-state index contributed by atoms with van der Waals surface area (Å²) in [5, 5.41) is -0.0938. The molecule has 23 heavy (non-hydrogen) atoms. The van der Waals surface area contributed by atoms with Crippen molar-refractivity contribution in [3.05, 3.63) is 34.1 Å². The van der Waals surface area contributed by atoms with Crippen LogP contribution in [0.5, 0.6) is 5.75 Å². The molecule has 1 aromatic carbocycles. The first-order chi connectivity index (χ1) is 10.7. The van der Waals surface area contributed by atoms with Crippen molar-refractivity contribution in [1.82, 2.24) is 4.98 Å². The number of nitrogens with zero attached hydrogens (tertiary/aromatic N) is 1. The zero-order valence-electron chi connectivity index (χ0n) is 13.0. The maximum Gasteiger partial charge on any atom is 0.417 e. The Balaban J connectivity index is 2.31. The second-order valence-corrected chi connectivity index (χ2v) is 6.11. The number of benzene rings is 1. The van der Waals surface area contributed by atoms with E-state index in [1.54, 1.807) is 6.07 Å². The average molecular weight is 326 g/mol. The molecule has 3 rings (SSSR count). The van der Waals surface area contributed by atoms with Crippen LogP contribution in [-0.4, -0.2) is 24.7 Å². The van der Waals surface area contributed by atoms with Crippen LogP contribution in [-0.2, 0) is 6.18 Å². The van der Waals surface area contributed by atoms with Gasteiger partial charge in [-0.25, -0.2) is 0 Å². The van der Waals surface area contributed by atoms with E-state index in [4.69, 9.17) is 4.74 Å². The number of rotatable bonds is 1. The Morgan fingerprint density at radius 2 is 2.04 bits per heavy atom. The standard InChI is InChI=1S/C16H17F3N2O2/c1-8(2)12-7-23-15-11(21(12)3)5-4-10-14(15)9(16(17,18)19)6-13(22)20-10/h4-6,8,12H,7H2,1-3H3,(H,20,22). The fourth-order valence-electron chi connectivity index (χ4n) is 3.06. The van der Waals surface area contributed by atoms with E-state index in [0.29, 0.717) is 24.3 Å². The third kappa shape index (κ3) is 2.54. The van der Waals surface area contributed by atoms with Gasteiger partial charge >= 0.3 is 6.18 Å². The van der Waals surface area contributed by atoms with Crippen LogP contribution in [0.1, 0.15) is 19.4 Å². The Morgan fingerprint density at radius 3 is 2.65 bits per heavy atom. The fourth-order valence-corrected chi connectivity index (χ4v) is 3.06. The predicted octanol–water partition coefficient (Wildman–Crippen LogP) is 3.40. The van der Waals surface area contributed by atoms with Gasteiger partial charge in [-0.2, -0.15) is 13.2 Å². The molecule has 7 heteroatoms. The van der Waals surface area contributed by atoms with Gasteiger partial charge in [0.05, 0.1) is 28.2 Å². The van der Waals surface area contributed by atoms with E-state index < -0.39 is 17.3 Å². The number of alkyl halides is 3. The molecular weight excluding hydrogens is 309 g/mol. The van der Waals surface area contributed by atoms with Crippen LogP contribution in [0.4, 0.5) is 18.9 Å². The molecule has 1 atom stereocenters. The Labute approximate surface area is 130 Å². The number of aromatic amines is 1. The van der Waals surface area contributed by atoms with E-state index in [9.17, 15) is 18.0 Å². The number of H-pyrrole nitrogens is 1. The first-order valence-corrected chi connectivity index (χ1v) is 7.33. The second-order valence-electron chi connectivity index (χ2n) is 6.11. The number of pyridine rings is 1. The van der Waals surface area contributed by atoms with E-state index in [2.05, 4.69) is 4.98 Å². The van der Waals surface area contributed by atoms with Crippen molar-refractivity contribution in [2.24, 2.45) is 5.92 Å². The van der Waals surface area contributed by atoms with Crippen LogP contribution in [0, 0.1) is 5.92 Å². The van der Waals surface area contributed by atoms with Gasteiger partial charge in [0.2, 0.25) is 5.56 Å². The van der Waals surface area contributed by atoms with Crippen molar-refractivity contribution in [3.63, 3.8) is 0 Å². The Hall–Kier alpha value is -2.18. The highest BCUT2D eigenvalue weighted by Crippen LogP contribution is 2.44. The molecule has 0 bridgehead atoms. The molecule has 1 unspecified atom stereocenters. The zero-order valence-corrected chi connectivity index (χ0v) is 13.0. The molecule has 0 spiro atoms. The van der Waals surface area contributed by atoms with Crippen LogP contribution < -0.4 is 15.2 Å². The molecule has 1 aromatic heterocycles. The van der Waals surface area contributed by atoms with E-state index in [0.717, 1.165) is 0 Å². The molecular formula is C16H17F3N2O2. The monoisotopic (exact) mass is 326 g/mol. The number of fused-ring (bicyclic) bond motifs is 3. The van der Waals surface area contributed by atoms with Gasteiger partial charge in [0, 0.05) is 13.1 Å². The number of hydrogen-bond donors (Lipinski definition) is 1. The van der Waals surface area contributed by atoms with Crippen LogP contribution >= 0.6 is 0 Å². The SMILES string of the molecule is CC(C)C1COc2c(ccc3[nH]c(=O)cc(C(F)(F)F)c23)N1C. The molecule has 0 amide bonds. The quantitative estimate of drug-likeness (QED) is 0.873. The van der Waals surface area contributed by atoms with Crippen LogP contribution in [0.15, 0.2) is 23.0 Å². The molecule has 0 radical (unpaired) electrons. The van der Waals surface area contributed by atoms with Crippen molar-refractivity contribution in [2.75, 3.05) is 18.6 Å². The lowest BCUT2D eigenvalue weighted by atomic mass is 9.99. The summed E-state index contributed by atoms with van der Waals surface area (Å²) in [5.74, 6) is 0.465. The van der Waals surface area contributed by atoms with Crippen LogP contribution in [0.25, 0.3) is 10.9 Å². The van der Waals surface area contributed by atoms with Gasteiger partial charge < -0.3 is 14.6 Å². The minimum absolute atomic E-state index is 0.0806. The molecule has 124 valence electrons. The highest BCUT2D eigenvalue weighted by molar-refractivity contribution is 5.94. The van der Waals surface area contributed by atoms with Crippen molar-refractivity contribution in [3.8, 4) is 5.75 Å². The van der Waals surface area contributed by atoms with Crippen molar-refractivity contribution in [2.45, 2.75) is 26.1 Å². The molecule has 2 aromatic rings. The lowest BCUT2D eigenvalue weighted by Crippen LogP contribution is -2.44. The van der Waals surface area contributed by atoms with Crippen LogP contribution in [0.2, 0.25) is 0 Å². The topological polar surface area (TPSA) is 45.3 Å². The van der Waals surface area contributed by atoms with E-state index in [1.807, 2.05) is 25.8 Å². The average Bonchev–Trinajstić information content (AvgIpc) is 2.44. The normalized spacial score (nSPS) is 18.2. The van der Waals surface area contributed by atoms with Gasteiger partial charge in [0.25, 0.3) is 0 Å². The summed E-state index contributed by atoms with van der Waals surface area (Å²) in [6, 6.07) is 3.84. The van der Waals surface area contributed by atoms with Gasteiger partial charge in [-0.3, -0.25) is 4.79 Å². The molecule has 0 fully saturated rings. The third-order valence-electron chi connectivity index (χ3n) is 4.29. The second kappa shape index (κ2) is 5.18. The van der Waals surface area contributed by atoms with Gasteiger partial charge in [-0.1, -0.05) is 13.8 Å². The largest absolute Gasteiger partial charge is 0.489 e. The van der Waals surface area contributed by atoms with Gasteiger partial charge in [-0.15, -0.1) is 0 Å². The highest BCUT2D eigenvalue weighted by atomic mass is 19.4. The molecule has 1 aliphatic heterocycles. The van der Waals surface area contributed by atoms with Crippen LogP contribution in [0.3, 0.4) is 0 Å². The molecule has 1 N–H and O–H groups in total. The summed E-state index contributed by atoms with van der Waals surface area (Å²) in [7, 11) is 1.84.